The van der Waals surface area contributed by atoms with E-state index in [4.69, 9.17) is 4.74 Å². The fourth-order valence-electron chi connectivity index (χ4n) is 4.10. The fourth-order valence-corrected chi connectivity index (χ4v) is 4.10. The van der Waals surface area contributed by atoms with Crippen LogP contribution >= 0.6 is 0 Å². The van der Waals surface area contributed by atoms with Crippen LogP contribution in [0.3, 0.4) is 0 Å². The summed E-state index contributed by atoms with van der Waals surface area (Å²) in [5.74, 6) is 0.903. The Hall–Kier alpha value is -3.79. The Balaban J connectivity index is 0.000000196. The molecule has 4 aromatic rings. The highest BCUT2D eigenvalue weighted by Crippen LogP contribution is 2.29. The number of benzene rings is 1. The van der Waals surface area contributed by atoms with E-state index in [1.807, 2.05) is 31.3 Å². The van der Waals surface area contributed by atoms with Gasteiger partial charge in [0.2, 0.25) is 0 Å². The van der Waals surface area contributed by atoms with Gasteiger partial charge < -0.3 is 20.3 Å². The van der Waals surface area contributed by atoms with Crippen molar-refractivity contribution in [2.75, 3.05) is 37.5 Å². The van der Waals surface area contributed by atoms with Crippen molar-refractivity contribution >= 4 is 34.3 Å². The van der Waals surface area contributed by atoms with E-state index in [0.29, 0.717) is 23.2 Å². The molecule has 2 atom stereocenters. The molecule has 10 heteroatoms. The summed E-state index contributed by atoms with van der Waals surface area (Å²) >= 11 is 0. The second-order valence-electron chi connectivity index (χ2n) is 7.97. The predicted octanol–water partition coefficient (Wildman–Crippen LogP) is 2.41. The minimum absolute atomic E-state index is 0.273. The zero-order chi connectivity index (χ0) is 23.4. The van der Waals surface area contributed by atoms with Crippen LogP contribution in [0.4, 0.5) is 11.5 Å². The number of nitrogens with zero attached hydrogens (tertiary/aromatic N) is 6. The van der Waals surface area contributed by atoms with Crippen LogP contribution in [0, 0.1) is 0 Å². The van der Waals surface area contributed by atoms with Crippen LogP contribution in [0.15, 0.2) is 42.9 Å². The smallest absolute Gasteiger partial charge is 0.316 e. The second kappa shape index (κ2) is 9.78. The third-order valence-corrected chi connectivity index (χ3v) is 5.48. The molecule has 10 nitrogen and oxygen atoms in total. The molecule has 2 unspecified atom stereocenters. The van der Waals surface area contributed by atoms with Crippen molar-refractivity contribution in [3.8, 4) is 6.01 Å². The number of fused-ring (bicyclic) bond motifs is 2. The molecule has 1 aliphatic heterocycles. The molecule has 33 heavy (non-hydrogen) atoms. The average Bonchev–Trinajstić information content (AvgIpc) is 3.26. The van der Waals surface area contributed by atoms with Gasteiger partial charge in [-0.15, -0.1) is 0 Å². The number of rotatable bonds is 4. The minimum atomic E-state index is 0.273. The number of hydrogen-bond donors (Lipinski definition) is 2. The molecule has 0 saturated carbocycles. The van der Waals surface area contributed by atoms with Crippen molar-refractivity contribution in [1.82, 2.24) is 29.9 Å². The summed E-state index contributed by atoms with van der Waals surface area (Å²) in [4.78, 5) is 26.3. The number of anilines is 2. The highest BCUT2D eigenvalue weighted by atomic mass is 16.5. The largest absolute Gasteiger partial charge is 0.467 e. The van der Waals surface area contributed by atoms with Gasteiger partial charge in [-0.2, -0.15) is 14.6 Å². The minimum Gasteiger partial charge on any atom is -0.467 e. The highest BCUT2D eigenvalue weighted by molar-refractivity contribution is 6.01. The maximum atomic E-state index is 11.3. The topological polar surface area (TPSA) is 110 Å². The van der Waals surface area contributed by atoms with Crippen LogP contribution in [-0.4, -0.2) is 70.2 Å². The summed E-state index contributed by atoms with van der Waals surface area (Å²) in [6.07, 6.45) is 6.04. The van der Waals surface area contributed by atoms with Gasteiger partial charge in [0.05, 0.1) is 18.8 Å². The van der Waals surface area contributed by atoms with Crippen molar-refractivity contribution in [3.05, 3.63) is 48.4 Å². The number of nitrogens with one attached hydrogen (secondary N) is 2. The molecule has 4 heterocycles. The van der Waals surface area contributed by atoms with Gasteiger partial charge in [0.25, 0.3) is 0 Å². The molecular weight excluding hydrogens is 420 g/mol. The molecule has 1 aliphatic rings. The molecule has 1 aromatic carbocycles. The summed E-state index contributed by atoms with van der Waals surface area (Å²) in [7, 11) is 3.36. The van der Waals surface area contributed by atoms with Crippen LogP contribution in [0.2, 0.25) is 0 Å². The van der Waals surface area contributed by atoms with Gasteiger partial charge in [-0.3, -0.25) is 4.79 Å². The Morgan fingerprint density at radius 3 is 2.64 bits per heavy atom. The zero-order valence-corrected chi connectivity index (χ0v) is 19.2. The SMILES string of the molecule is CNc1cnc2cccnn12.COc1ncc2c(N3CC(C)NC(C)C3)ccc(C=O)c2n1. The van der Waals surface area contributed by atoms with Crippen molar-refractivity contribution in [3.63, 3.8) is 0 Å². The van der Waals surface area contributed by atoms with E-state index in [1.54, 1.807) is 23.1 Å². The first kappa shape index (κ1) is 22.4. The molecule has 0 bridgehead atoms. The first-order valence-corrected chi connectivity index (χ1v) is 10.8. The van der Waals surface area contributed by atoms with Crippen LogP contribution < -0.4 is 20.3 Å². The molecular formula is C23H28N8O2. The number of hydrogen-bond acceptors (Lipinski definition) is 9. The number of carbonyl (C=O) groups is 1. The maximum Gasteiger partial charge on any atom is 0.316 e. The molecule has 5 rings (SSSR count). The Bertz CT molecular complexity index is 1250. The molecule has 3 aromatic heterocycles. The van der Waals surface area contributed by atoms with Crippen molar-refractivity contribution in [2.45, 2.75) is 25.9 Å². The maximum absolute atomic E-state index is 11.3. The Kier molecular flexibility index (Phi) is 6.64. The first-order chi connectivity index (χ1) is 16.0. The second-order valence-corrected chi connectivity index (χ2v) is 7.97. The average molecular weight is 449 g/mol. The highest BCUT2D eigenvalue weighted by Gasteiger charge is 2.23. The summed E-state index contributed by atoms with van der Waals surface area (Å²) in [5, 5.41) is 11.5. The van der Waals surface area contributed by atoms with E-state index >= 15 is 0 Å². The van der Waals surface area contributed by atoms with E-state index in [0.717, 1.165) is 41.9 Å². The molecule has 0 spiro atoms. The van der Waals surface area contributed by atoms with Gasteiger partial charge in [-0.05, 0) is 38.1 Å². The third-order valence-electron chi connectivity index (χ3n) is 5.48. The lowest BCUT2D eigenvalue weighted by atomic mass is 10.1. The normalized spacial score (nSPS) is 18.0. The fraction of sp³-hybridized carbons (Fsp3) is 0.348. The van der Waals surface area contributed by atoms with Crippen molar-refractivity contribution in [1.29, 1.82) is 0 Å². The Morgan fingerprint density at radius 1 is 1.15 bits per heavy atom. The number of imidazole rings is 1. The van der Waals surface area contributed by atoms with Crippen molar-refractivity contribution in [2.24, 2.45) is 0 Å². The van der Waals surface area contributed by atoms with Gasteiger partial charge >= 0.3 is 6.01 Å². The predicted molar refractivity (Wildman–Crippen MR) is 128 cm³/mol. The van der Waals surface area contributed by atoms with Crippen LogP contribution in [0.1, 0.15) is 24.2 Å². The van der Waals surface area contributed by atoms with E-state index in [1.165, 1.54) is 7.11 Å². The number of aromatic nitrogens is 5. The Morgan fingerprint density at radius 2 is 1.94 bits per heavy atom. The monoisotopic (exact) mass is 448 g/mol. The number of piperazine rings is 1. The van der Waals surface area contributed by atoms with Gasteiger partial charge in [0.15, 0.2) is 11.9 Å². The number of methoxy groups -OCH3 is 1. The van der Waals surface area contributed by atoms with Crippen molar-refractivity contribution < 1.29 is 9.53 Å². The zero-order valence-electron chi connectivity index (χ0n) is 19.2. The van der Waals surface area contributed by atoms with E-state index in [9.17, 15) is 4.79 Å². The van der Waals surface area contributed by atoms with Gasteiger partial charge in [-0.25, -0.2) is 9.97 Å². The quantitative estimate of drug-likeness (QED) is 0.455. The number of ether oxygens (including phenoxy) is 1. The summed E-state index contributed by atoms with van der Waals surface area (Å²) < 4.78 is 6.83. The number of carbonyl (C=O) groups excluding carboxylic acids is 1. The molecule has 0 amide bonds. The summed E-state index contributed by atoms with van der Waals surface area (Å²) in [5.41, 5.74) is 3.11. The number of aldehydes is 1. The molecule has 172 valence electrons. The Labute approximate surface area is 192 Å². The molecule has 1 saturated heterocycles. The van der Waals surface area contributed by atoms with Crippen LogP contribution in [-0.2, 0) is 0 Å². The lowest BCUT2D eigenvalue weighted by Crippen LogP contribution is -2.54. The lowest BCUT2D eigenvalue weighted by Gasteiger charge is -2.38. The first-order valence-electron chi connectivity index (χ1n) is 10.8. The standard InChI is InChI=1S/C16H20N4O2.C7H8N4/c1-10-7-20(8-11(2)18-10)14-5-4-12(9-21)15-13(14)6-17-16(19-15)22-3;1-8-7-5-9-6-3-2-4-10-11(6)7/h4-6,9-11,18H,7-8H2,1-3H3;2-5,8H,1H3. The third kappa shape index (κ3) is 4.70. The van der Waals surface area contributed by atoms with E-state index in [-0.39, 0.29) is 6.01 Å². The summed E-state index contributed by atoms with van der Waals surface area (Å²) in [6, 6.07) is 8.65. The molecule has 2 N–H and O–H groups in total. The van der Waals surface area contributed by atoms with E-state index < -0.39 is 0 Å². The van der Waals surface area contributed by atoms with Gasteiger partial charge in [-0.1, -0.05) is 0 Å². The molecule has 0 radical (unpaired) electrons. The summed E-state index contributed by atoms with van der Waals surface area (Å²) in [6.45, 7) is 6.16. The van der Waals surface area contributed by atoms with Gasteiger partial charge in [0.1, 0.15) is 5.82 Å². The van der Waals surface area contributed by atoms with E-state index in [2.05, 4.69) is 49.4 Å². The molecule has 0 aliphatic carbocycles. The lowest BCUT2D eigenvalue weighted by molar-refractivity contribution is 0.112. The molecule has 1 fully saturated rings. The van der Waals surface area contributed by atoms with Gasteiger partial charge in [0, 0.05) is 61.3 Å². The van der Waals surface area contributed by atoms with Crippen LogP contribution in [0.5, 0.6) is 6.01 Å². The van der Waals surface area contributed by atoms with Crippen LogP contribution in [0.25, 0.3) is 16.6 Å².